The molecule has 1 N–H and O–H groups in total. The zero-order valence-corrected chi connectivity index (χ0v) is 11.7. The Morgan fingerprint density at radius 2 is 1.95 bits per heavy atom. The number of hydrogen-bond acceptors (Lipinski definition) is 6. The zero-order valence-electron chi connectivity index (χ0n) is 10.9. The molecule has 1 aliphatic heterocycles. The number of nitrogens with zero attached hydrogens (tertiary/aromatic N) is 4. The predicted molar refractivity (Wildman–Crippen MR) is 69.2 cm³/mol. The molecule has 2 rings (SSSR count). The Morgan fingerprint density at radius 1 is 1.32 bits per heavy atom. The molecule has 1 unspecified atom stereocenters. The van der Waals surface area contributed by atoms with E-state index in [0.717, 1.165) is 11.5 Å². The van der Waals surface area contributed by atoms with E-state index < -0.39 is 12.0 Å². The van der Waals surface area contributed by atoms with Crippen LogP contribution in [0.25, 0.3) is 0 Å². The van der Waals surface area contributed by atoms with E-state index in [2.05, 4.69) is 9.59 Å². The first-order valence-corrected chi connectivity index (χ1v) is 6.83. The Balaban J connectivity index is 1.95. The highest BCUT2D eigenvalue weighted by Crippen LogP contribution is 2.15. The summed E-state index contributed by atoms with van der Waals surface area (Å²) in [6.07, 6.45) is 0. The minimum Gasteiger partial charge on any atom is -0.480 e. The molecular weight excluding hydrogens is 268 g/mol. The van der Waals surface area contributed by atoms with E-state index in [1.807, 2.05) is 4.90 Å². The number of carboxylic acids is 1. The maximum absolute atomic E-state index is 12.2. The molecule has 104 valence electrons. The number of rotatable bonds is 3. The Labute approximate surface area is 115 Å². The van der Waals surface area contributed by atoms with Gasteiger partial charge in [-0.1, -0.05) is 4.49 Å². The molecule has 1 amide bonds. The predicted octanol–water partition coefficient (Wildman–Crippen LogP) is 0.0774. The highest BCUT2D eigenvalue weighted by molar-refractivity contribution is 7.07. The van der Waals surface area contributed by atoms with Crippen LogP contribution in [-0.4, -0.2) is 68.6 Å². The Kier molecular flexibility index (Phi) is 4.11. The molecule has 0 saturated carbocycles. The standard InChI is InChI=1S/C11H16N4O3S/c1-7-9(19-13-12-7)10(16)15-5-3-14(4-6-15)8(2)11(17)18/h8H,3-6H2,1-2H3,(H,17,18). The van der Waals surface area contributed by atoms with Gasteiger partial charge in [-0.15, -0.1) is 5.10 Å². The van der Waals surface area contributed by atoms with Crippen LogP contribution in [0.3, 0.4) is 0 Å². The molecule has 1 aliphatic rings. The molecule has 0 aromatic carbocycles. The summed E-state index contributed by atoms with van der Waals surface area (Å²) in [5.41, 5.74) is 0.649. The van der Waals surface area contributed by atoms with Crippen molar-refractivity contribution in [1.82, 2.24) is 19.4 Å². The summed E-state index contributed by atoms with van der Waals surface area (Å²) in [6.45, 7) is 5.65. The molecule has 7 nitrogen and oxygen atoms in total. The molecule has 1 fully saturated rings. The second-order valence-corrected chi connectivity index (χ2v) is 5.28. The van der Waals surface area contributed by atoms with Gasteiger partial charge < -0.3 is 10.0 Å². The van der Waals surface area contributed by atoms with Crippen LogP contribution in [0, 0.1) is 6.92 Å². The van der Waals surface area contributed by atoms with Gasteiger partial charge in [0.2, 0.25) is 0 Å². The lowest BCUT2D eigenvalue weighted by atomic mass is 10.2. The fourth-order valence-corrected chi connectivity index (χ4v) is 2.66. The summed E-state index contributed by atoms with van der Waals surface area (Å²) in [5.74, 6) is -0.891. The second kappa shape index (κ2) is 5.62. The SMILES string of the molecule is Cc1nnsc1C(=O)N1CCN(C(C)C(=O)O)CC1. The van der Waals surface area contributed by atoms with Crippen molar-refractivity contribution < 1.29 is 14.7 Å². The van der Waals surface area contributed by atoms with Crippen LogP contribution in [0.5, 0.6) is 0 Å². The third-order valence-electron chi connectivity index (χ3n) is 3.35. The van der Waals surface area contributed by atoms with Gasteiger partial charge in [-0.05, 0) is 25.4 Å². The van der Waals surface area contributed by atoms with Crippen LogP contribution in [0.2, 0.25) is 0 Å². The quantitative estimate of drug-likeness (QED) is 0.845. The first-order valence-electron chi connectivity index (χ1n) is 6.05. The molecule has 0 radical (unpaired) electrons. The maximum Gasteiger partial charge on any atom is 0.320 e. The van der Waals surface area contributed by atoms with Gasteiger partial charge >= 0.3 is 5.97 Å². The highest BCUT2D eigenvalue weighted by Gasteiger charge is 2.28. The van der Waals surface area contributed by atoms with Crippen LogP contribution in [-0.2, 0) is 4.79 Å². The lowest BCUT2D eigenvalue weighted by Crippen LogP contribution is -2.53. The van der Waals surface area contributed by atoms with Gasteiger partial charge in [0.25, 0.3) is 5.91 Å². The number of carbonyl (C=O) groups is 2. The molecule has 1 atom stereocenters. The fraction of sp³-hybridized carbons (Fsp3) is 0.636. The van der Waals surface area contributed by atoms with E-state index >= 15 is 0 Å². The van der Waals surface area contributed by atoms with Gasteiger partial charge in [-0.2, -0.15) is 0 Å². The van der Waals surface area contributed by atoms with Crippen LogP contribution in [0.15, 0.2) is 0 Å². The average molecular weight is 284 g/mol. The topological polar surface area (TPSA) is 86.6 Å². The van der Waals surface area contributed by atoms with Crippen molar-refractivity contribution in [2.75, 3.05) is 26.2 Å². The van der Waals surface area contributed by atoms with E-state index in [-0.39, 0.29) is 5.91 Å². The third-order valence-corrected chi connectivity index (χ3v) is 4.17. The van der Waals surface area contributed by atoms with Crippen LogP contribution in [0.1, 0.15) is 22.3 Å². The fourth-order valence-electron chi connectivity index (χ4n) is 2.04. The van der Waals surface area contributed by atoms with Crippen molar-refractivity contribution in [3.63, 3.8) is 0 Å². The van der Waals surface area contributed by atoms with Crippen molar-refractivity contribution in [1.29, 1.82) is 0 Å². The van der Waals surface area contributed by atoms with Crippen molar-refractivity contribution in [2.24, 2.45) is 0 Å². The smallest absolute Gasteiger partial charge is 0.320 e. The van der Waals surface area contributed by atoms with E-state index in [1.165, 1.54) is 0 Å². The summed E-state index contributed by atoms with van der Waals surface area (Å²) in [7, 11) is 0. The van der Waals surface area contributed by atoms with Gasteiger partial charge in [0.05, 0.1) is 5.69 Å². The molecule has 1 aromatic heterocycles. The number of aryl methyl sites for hydroxylation is 1. The minimum absolute atomic E-state index is 0.0601. The van der Waals surface area contributed by atoms with Crippen LogP contribution >= 0.6 is 11.5 Å². The molecule has 0 bridgehead atoms. The maximum atomic E-state index is 12.2. The van der Waals surface area contributed by atoms with E-state index in [4.69, 9.17) is 5.11 Å². The van der Waals surface area contributed by atoms with Crippen molar-refractivity contribution >= 4 is 23.4 Å². The molecule has 2 heterocycles. The number of carboxylic acid groups (broad SMARTS) is 1. The van der Waals surface area contributed by atoms with Gasteiger partial charge in [0, 0.05) is 26.2 Å². The third kappa shape index (κ3) is 2.90. The number of carbonyl (C=O) groups excluding carboxylic acids is 1. The van der Waals surface area contributed by atoms with Crippen LogP contribution in [0.4, 0.5) is 0 Å². The molecule has 1 aromatic rings. The van der Waals surface area contributed by atoms with E-state index in [0.29, 0.717) is 36.8 Å². The van der Waals surface area contributed by atoms with Crippen molar-refractivity contribution in [3.8, 4) is 0 Å². The van der Waals surface area contributed by atoms with E-state index in [9.17, 15) is 9.59 Å². The molecule has 0 aliphatic carbocycles. The van der Waals surface area contributed by atoms with Gasteiger partial charge in [0.1, 0.15) is 10.9 Å². The molecule has 8 heteroatoms. The van der Waals surface area contributed by atoms with Gasteiger partial charge in [-0.3, -0.25) is 14.5 Å². The Bertz CT molecular complexity index is 482. The summed E-state index contributed by atoms with van der Waals surface area (Å²) in [5, 5.41) is 12.8. The number of aliphatic carboxylic acids is 1. The summed E-state index contributed by atoms with van der Waals surface area (Å²) >= 11 is 1.10. The van der Waals surface area contributed by atoms with Gasteiger partial charge in [-0.25, -0.2) is 0 Å². The summed E-state index contributed by atoms with van der Waals surface area (Å²) in [4.78, 5) is 27.3. The second-order valence-electron chi connectivity index (χ2n) is 4.53. The molecule has 19 heavy (non-hydrogen) atoms. The Morgan fingerprint density at radius 3 is 2.42 bits per heavy atom. The van der Waals surface area contributed by atoms with Crippen molar-refractivity contribution in [2.45, 2.75) is 19.9 Å². The summed E-state index contributed by atoms with van der Waals surface area (Å²) < 4.78 is 3.76. The first kappa shape index (κ1) is 13.9. The van der Waals surface area contributed by atoms with E-state index in [1.54, 1.807) is 18.7 Å². The Hall–Kier alpha value is -1.54. The van der Waals surface area contributed by atoms with Crippen LogP contribution < -0.4 is 0 Å². The lowest BCUT2D eigenvalue weighted by molar-refractivity contribution is -0.143. The monoisotopic (exact) mass is 284 g/mol. The molecule has 1 saturated heterocycles. The first-order chi connectivity index (χ1) is 9.00. The largest absolute Gasteiger partial charge is 0.480 e. The molecular formula is C11H16N4O3S. The lowest BCUT2D eigenvalue weighted by Gasteiger charge is -2.36. The highest BCUT2D eigenvalue weighted by atomic mass is 32.1. The average Bonchev–Trinajstić information content (AvgIpc) is 2.83. The number of piperazine rings is 1. The summed E-state index contributed by atoms with van der Waals surface area (Å²) in [6, 6.07) is -0.510. The van der Waals surface area contributed by atoms with Gasteiger partial charge in [0.15, 0.2) is 0 Å². The molecule has 0 spiro atoms. The number of amides is 1. The number of hydrogen-bond donors (Lipinski definition) is 1. The number of aromatic nitrogens is 2. The zero-order chi connectivity index (χ0) is 14.0. The van der Waals surface area contributed by atoms with Crippen molar-refractivity contribution in [3.05, 3.63) is 10.6 Å². The normalized spacial score (nSPS) is 18.3. The minimum atomic E-state index is -0.831.